The molecular formula is C13H15NO3. The van der Waals surface area contributed by atoms with E-state index in [9.17, 15) is 4.79 Å². The summed E-state index contributed by atoms with van der Waals surface area (Å²) in [6, 6.07) is 1.75. The van der Waals surface area contributed by atoms with E-state index in [1.54, 1.807) is 17.6 Å². The Morgan fingerprint density at radius 1 is 1.65 bits per heavy atom. The molecule has 1 aromatic heterocycles. The highest BCUT2D eigenvalue weighted by molar-refractivity contribution is 5.73. The molecular weight excluding hydrogens is 218 g/mol. The van der Waals surface area contributed by atoms with Crippen molar-refractivity contribution in [3.8, 4) is 11.8 Å². The summed E-state index contributed by atoms with van der Waals surface area (Å²) < 4.78 is 7.43. The van der Waals surface area contributed by atoms with Crippen molar-refractivity contribution in [3.63, 3.8) is 0 Å². The van der Waals surface area contributed by atoms with Crippen LogP contribution in [0.5, 0.6) is 0 Å². The molecule has 1 aliphatic heterocycles. The van der Waals surface area contributed by atoms with Gasteiger partial charge in [-0.15, -0.1) is 5.92 Å². The second-order valence-electron chi connectivity index (χ2n) is 4.03. The van der Waals surface area contributed by atoms with Crippen molar-refractivity contribution < 1.29 is 14.6 Å². The van der Waals surface area contributed by atoms with Gasteiger partial charge in [0, 0.05) is 11.8 Å². The number of ether oxygens (including phenoxy) is 1. The molecule has 2 heterocycles. The third-order valence-corrected chi connectivity index (χ3v) is 2.87. The van der Waals surface area contributed by atoms with Crippen LogP contribution in [0.15, 0.2) is 12.3 Å². The Hall–Kier alpha value is -1.57. The lowest BCUT2D eigenvalue weighted by Gasteiger charge is -2.15. The van der Waals surface area contributed by atoms with Gasteiger partial charge in [0.2, 0.25) is 0 Å². The summed E-state index contributed by atoms with van der Waals surface area (Å²) in [5.41, 5.74) is 1.37. The monoisotopic (exact) mass is 233 g/mol. The Labute approximate surface area is 100 Å². The zero-order valence-corrected chi connectivity index (χ0v) is 9.72. The predicted octanol–water partition coefficient (Wildman–Crippen LogP) is 1.34. The maximum absolute atomic E-state index is 11.0. The van der Waals surface area contributed by atoms with Gasteiger partial charge in [-0.1, -0.05) is 5.92 Å². The van der Waals surface area contributed by atoms with Crippen LogP contribution in [0.3, 0.4) is 0 Å². The quantitative estimate of drug-likeness (QED) is 0.633. The van der Waals surface area contributed by atoms with Crippen LogP contribution in [-0.4, -0.2) is 28.7 Å². The molecule has 1 saturated heterocycles. The fourth-order valence-corrected chi connectivity index (χ4v) is 2.08. The molecule has 4 nitrogen and oxygen atoms in total. The van der Waals surface area contributed by atoms with Crippen LogP contribution in [0.2, 0.25) is 0 Å². The van der Waals surface area contributed by atoms with Gasteiger partial charge in [0.05, 0.1) is 18.4 Å². The van der Waals surface area contributed by atoms with Crippen molar-refractivity contribution in [2.75, 3.05) is 6.61 Å². The lowest BCUT2D eigenvalue weighted by atomic mass is 10.2. The maximum atomic E-state index is 11.0. The molecule has 1 N–H and O–H groups in total. The van der Waals surface area contributed by atoms with E-state index in [1.165, 1.54) is 0 Å². The zero-order chi connectivity index (χ0) is 12.3. The molecule has 0 aliphatic carbocycles. The number of hydrogen-bond acceptors (Lipinski definition) is 3. The van der Waals surface area contributed by atoms with E-state index in [0.29, 0.717) is 5.69 Å². The minimum Gasteiger partial charge on any atom is -0.394 e. The Balaban J connectivity index is 2.24. The van der Waals surface area contributed by atoms with Crippen LogP contribution >= 0.6 is 0 Å². The Bertz CT molecular complexity index is 467. The molecule has 2 atom stereocenters. The molecule has 0 saturated carbocycles. The molecule has 0 amide bonds. The second kappa shape index (κ2) is 5.17. The molecule has 2 rings (SSSR count). The highest BCUT2D eigenvalue weighted by Gasteiger charge is 2.27. The number of hydrogen-bond donors (Lipinski definition) is 1. The summed E-state index contributed by atoms with van der Waals surface area (Å²) in [5, 5.41) is 9.02. The maximum Gasteiger partial charge on any atom is 0.166 e. The van der Waals surface area contributed by atoms with Crippen LogP contribution in [0.4, 0.5) is 0 Å². The molecule has 0 bridgehead atoms. The van der Waals surface area contributed by atoms with Gasteiger partial charge in [-0.2, -0.15) is 0 Å². The summed E-state index contributed by atoms with van der Waals surface area (Å²) in [7, 11) is 0. The molecule has 0 unspecified atom stereocenters. The van der Waals surface area contributed by atoms with E-state index in [4.69, 9.17) is 9.84 Å². The Morgan fingerprint density at radius 3 is 3.06 bits per heavy atom. The molecule has 0 radical (unpaired) electrons. The third kappa shape index (κ3) is 2.41. The first kappa shape index (κ1) is 11.9. The van der Waals surface area contributed by atoms with E-state index in [0.717, 1.165) is 24.7 Å². The molecule has 1 aliphatic rings. The lowest BCUT2D eigenvalue weighted by molar-refractivity contribution is -0.0227. The van der Waals surface area contributed by atoms with Gasteiger partial charge in [-0.05, 0) is 25.8 Å². The number of aldehydes is 1. The minimum absolute atomic E-state index is 0.0236. The summed E-state index contributed by atoms with van der Waals surface area (Å²) in [6.45, 7) is 1.78. The van der Waals surface area contributed by atoms with Gasteiger partial charge >= 0.3 is 0 Å². The van der Waals surface area contributed by atoms with Crippen molar-refractivity contribution >= 4 is 6.29 Å². The zero-order valence-electron chi connectivity index (χ0n) is 9.72. The Morgan fingerprint density at radius 2 is 2.47 bits per heavy atom. The first-order valence-electron chi connectivity index (χ1n) is 5.64. The van der Waals surface area contributed by atoms with Crippen molar-refractivity contribution in [1.29, 1.82) is 0 Å². The van der Waals surface area contributed by atoms with Crippen LogP contribution < -0.4 is 0 Å². The van der Waals surface area contributed by atoms with Crippen LogP contribution in [0, 0.1) is 11.8 Å². The second-order valence-corrected chi connectivity index (χ2v) is 4.03. The first-order valence-corrected chi connectivity index (χ1v) is 5.64. The third-order valence-electron chi connectivity index (χ3n) is 2.87. The van der Waals surface area contributed by atoms with Gasteiger partial charge < -0.3 is 14.4 Å². The summed E-state index contributed by atoms with van der Waals surface area (Å²) >= 11 is 0. The van der Waals surface area contributed by atoms with Crippen molar-refractivity contribution in [3.05, 3.63) is 23.5 Å². The van der Waals surface area contributed by atoms with Gasteiger partial charge in [0.15, 0.2) is 6.29 Å². The van der Waals surface area contributed by atoms with Crippen molar-refractivity contribution in [1.82, 2.24) is 4.57 Å². The van der Waals surface area contributed by atoms with E-state index < -0.39 is 0 Å². The number of carbonyl (C=O) groups is 1. The van der Waals surface area contributed by atoms with Gasteiger partial charge in [0.25, 0.3) is 0 Å². The Kier molecular flexibility index (Phi) is 3.62. The van der Waals surface area contributed by atoms with Gasteiger partial charge in [0.1, 0.15) is 6.23 Å². The fourth-order valence-electron chi connectivity index (χ4n) is 2.08. The minimum atomic E-state index is -0.167. The highest BCUT2D eigenvalue weighted by Crippen LogP contribution is 2.29. The number of aliphatic hydroxyl groups is 1. The fraction of sp³-hybridized carbons (Fsp3) is 0.462. The SMILES string of the molecule is CC#Cc1cc(C=O)n([C@H]2CC[C@@H](CO)O2)c1. The molecule has 17 heavy (non-hydrogen) atoms. The van der Waals surface area contributed by atoms with Crippen LogP contribution in [0.1, 0.15) is 42.0 Å². The molecule has 0 aromatic carbocycles. The summed E-state index contributed by atoms with van der Waals surface area (Å²) in [6.07, 6.45) is 3.95. The number of nitrogens with zero attached hydrogens (tertiary/aromatic N) is 1. The first-order chi connectivity index (χ1) is 8.28. The topological polar surface area (TPSA) is 51.5 Å². The number of carbonyl (C=O) groups excluding carboxylic acids is 1. The lowest BCUT2D eigenvalue weighted by Crippen LogP contribution is -2.15. The van der Waals surface area contributed by atoms with E-state index in [-0.39, 0.29) is 18.9 Å². The molecule has 1 fully saturated rings. The van der Waals surface area contributed by atoms with Crippen molar-refractivity contribution in [2.45, 2.75) is 32.1 Å². The average molecular weight is 233 g/mol. The molecule has 90 valence electrons. The highest BCUT2D eigenvalue weighted by atomic mass is 16.5. The van der Waals surface area contributed by atoms with Crippen LogP contribution in [-0.2, 0) is 4.74 Å². The number of rotatable bonds is 3. The molecule has 0 spiro atoms. The van der Waals surface area contributed by atoms with Crippen molar-refractivity contribution in [2.24, 2.45) is 0 Å². The summed E-state index contributed by atoms with van der Waals surface area (Å²) in [5.74, 6) is 5.72. The molecule has 4 heteroatoms. The average Bonchev–Trinajstić information content (AvgIpc) is 2.94. The largest absolute Gasteiger partial charge is 0.394 e. The van der Waals surface area contributed by atoms with Gasteiger partial charge in [-0.25, -0.2) is 0 Å². The number of aromatic nitrogens is 1. The molecule has 1 aromatic rings. The standard InChI is InChI=1S/C13H15NO3/c1-2-3-10-6-11(8-15)14(7-10)13-5-4-12(9-16)17-13/h6-8,12-13,16H,4-5,9H2,1H3/t12-,13+/m0/s1. The smallest absolute Gasteiger partial charge is 0.166 e. The van der Waals surface area contributed by atoms with Crippen LogP contribution in [0.25, 0.3) is 0 Å². The normalized spacial score (nSPS) is 23.2. The van der Waals surface area contributed by atoms with E-state index in [1.807, 2.05) is 6.20 Å². The van der Waals surface area contributed by atoms with E-state index in [2.05, 4.69) is 11.8 Å². The summed E-state index contributed by atoms with van der Waals surface area (Å²) in [4.78, 5) is 11.0. The number of aliphatic hydroxyl groups excluding tert-OH is 1. The predicted molar refractivity (Wildman–Crippen MR) is 62.6 cm³/mol. The van der Waals surface area contributed by atoms with E-state index >= 15 is 0 Å². The van der Waals surface area contributed by atoms with Gasteiger partial charge in [-0.3, -0.25) is 4.79 Å².